The molecule has 0 bridgehead atoms. The van der Waals surface area contributed by atoms with Gasteiger partial charge in [0, 0.05) is 18.7 Å². The first-order valence-corrected chi connectivity index (χ1v) is 7.53. The zero-order valence-corrected chi connectivity index (χ0v) is 12.7. The van der Waals surface area contributed by atoms with Gasteiger partial charge in [-0.05, 0) is 30.7 Å². The molecule has 0 radical (unpaired) electrons. The number of aliphatic hydroxyl groups excluding tert-OH is 1. The van der Waals surface area contributed by atoms with E-state index < -0.39 is 0 Å². The van der Waals surface area contributed by atoms with Crippen LogP contribution in [-0.4, -0.2) is 51.3 Å². The molecular weight excluding hydrogens is 294 g/mol. The lowest BCUT2D eigenvalue weighted by Crippen LogP contribution is -2.23. The number of rotatable bonds is 3. The maximum absolute atomic E-state index is 9.75. The van der Waals surface area contributed by atoms with Gasteiger partial charge in [-0.3, -0.25) is 0 Å². The molecule has 0 saturated carbocycles. The highest BCUT2D eigenvalue weighted by Crippen LogP contribution is 2.28. The van der Waals surface area contributed by atoms with Gasteiger partial charge in [-0.2, -0.15) is 4.98 Å². The summed E-state index contributed by atoms with van der Waals surface area (Å²) in [4.78, 5) is 18.6. The second kappa shape index (κ2) is 5.51. The molecule has 1 aliphatic rings. The SMILES string of the molecule is COc1ccc(-c2nc(N3CC[C@@H](O)C3)nc3nc[nH]c23)cc1. The van der Waals surface area contributed by atoms with E-state index in [1.165, 1.54) is 0 Å². The number of aromatic nitrogens is 4. The molecule has 0 aliphatic carbocycles. The Kier molecular flexibility index (Phi) is 3.34. The minimum absolute atomic E-state index is 0.321. The molecule has 1 saturated heterocycles. The van der Waals surface area contributed by atoms with Gasteiger partial charge in [-0.25, -0.2) is 9.97 Å². The number of hydrogen-bond acceptors (Lipinski definition) is 6. The summed E-state index contributed by atoms with van der Waals surface area (Å²) in [6, 6.07) is 7.73. The predicted molar refractivity (Wildman–Crippen MR) is 86.5 cm³/mol. The summed E-state index contributed by atoms with van der Waals surface area (Å²) in [5, 5.41) is 9.75. The third-order valence-corrected chi connectivity index (χ3v) is 4.08. The molecule has 1 atom stereocenters. The highest BCUT2D eigenvalue weighted by Gasteiger charge is 2.24. The average molecular weight is 311 g/mol. The number of aromatic amines is 1. The van der Waals surface area contributed by atoms with Crippen molar-refractivity contribution in [1.82, 2.24) is 19.9 Å². The summed E-state index contributed by atoms with van der Waals surface area (Å²) in [5.74, 6) is 1.40. The first-order valence-electron chi connectivity index (χ1n) is 7.53. The van der Waals surface area contributed by atoms with E-state index in [1.54, 1.807) is 13.4 Å². The van der Waals surface area contributed by atoms with Crippen LogP contribution in [0.4, 0.5) is 5.95 Å². The van der Waals surface area contributed by atoms with E-state index in [0.717, 1.165) is 35.5 Å². The number of methoxy groups -OCH3 is 1. The van der Waals surface area contributed by atoms with Crippen molar-refractivity contribution in [2.45, 2.75) is 12.5 Å². The summed E-state index contributed by atoms with van der Waals surface area (Å²) in [6.07, 6.45) is 2.03. The second-order valence-electron chi connectivity index (χ2n) is 5.59. The van der Waals surface area contributed by atoms with E-state index in [2.05, 4.69) is 15.0 Å². The summed E-state index contributed by atoms with van der Waals surface area (Å²) in [6.45, 7) is 1.30. The Hall–Kier alpha value is -2.67. The van der Waals surface area contributed by atoms with Crippen LogP contribution in [0.1, 0.15) is 6.42 Å². The van der Waals surface area contributed by atoms with Gasteiger partial charge in [0.2, 0.25) is 5.95 Å². The van der Waals surface area contributed by atoms with Crippen molar-refractivity contribution in [3.05, 3.63) is 30.6 Å². The first kappa shape index (κ1) is 14.0. The predicted octanol–water partition coefficient (Wildman–Crippen LogP) is 1.60. The number of hydrogen-bond donors (Lipinski definition) is 2. The van der Waals surface area contributed by atoms with E-state index in [4.69, 9.17) is 9.72 Å². The van der Waals surface area contributed by atoms with Crippen molar-refractivity contribution in [3.8, 4) is 17.0 Å². The Balaban J connectivity index is 1.82. The molecule has 118 valence electrons. The Morgan fingerprint density at radius 3 is 2.78 bits per heavy atom. The van der Waals surface area contributed by atoms with Gasteiger partial charge in [-0.1, -0.05) is 0 Å². The monoisotopic (exact) mass is 311 g/mol. The van der Waals surface area contributed by atoms with Gasteiger partial charge < -0.3 is 19.7 Å². The number of imidazole rings is 1. The van der Waals surface area contributed by atoms with Gasteiger partial charge in [-0.15, -0.1) is 0 Å². The van der Waals surface area contributed by atoms with E-state index >= 15 is 0 Å². The molecule has 3 aromatic rings. The molecule has 7 heteroatoms. The summed E-state index contributed by atoms with van der Waals surface area (Å²) in [7, 11) is 1.64. The Bertz CT molecular complexity index is 830. The molecule has 2 N–H and O–H groups in total. The molecule has 0 spiro atoms. The van der Waals surface area contributed by atoms with Crippen LogP contribution in [0.2, 0.25) is 0 Å². The summed E-state index contributed by atoms with van der Waals surface area (Å²) in [5.41, 5.74) is 3.19. The number of nitrogens with zero attached hydrogens (tertiary/aromatic N) is 4. The third-order valence-electron chi connectivity index (χ3n) is 4.08. The Morgan fingerprint density at radius 2 is 2.09 bits per heavy atom. The zero-order valence-electron chi connectivity index (χ0n) is 12.7. The largest absolute Gasteiger partial charge is 0.497 e. The molecule has 4 rings (SSSR count). The number of nitrogens with one attached hydrogen (secondary N) is 1. The van der Waals surface area contributed by atoms with Crippen molar-refractivity contribution in [2.75, 3.05) is 25.1 Å². The standard InChI is InChI=1S/C16H17N5O2/c1-23-12-4-2-10(3-5-12)13-14-15(18-9-17-14)20-16(19-13)21-7-6-11(22)8-21/h2-5,9,11,22H,6-8H2,1H3,(H,17,18,19,20)/t11-/m1/s1. The van der Waals surface area contributed by atoms with E-state index in [1.807, 2.05) is 29.2 Å². The van der Waals surface area contributed by atoms with Gasteiger partial charge in [0.15, 0.2) is 5.65 Å². The van der Waals surface area contributed by atoms with Gasteiger partial charge in [0.1, 0.15) is 17.0 Å². The summed E-state index contributed by atoms with van der Waals surface area (Å²) < 4.78 is 5.21. The van der Waals surface area contributed by atoms with Crippen LogP contribution in [0, 0.1) is 0 Å². The normalized spacial score (nSPS) is 17.8. The first-order chi connectivity index (χ1) is 11.2. The lowest BCUT2D eigenvalue weighted by molar-refractivity contribution is 0.198. The molecular formula is C16H17N5O2. The topological polar surface area (TPSA) is 87.2 Å². The van der Waals surface area contributed by atoms with Gasteiger partial charge in [0.05, 0.1) is 19.5 Å². The van der Waals surface area contributed by atoms with Crippen LogP contribution >= 0.6 is 0 Å². The quantitative estimate of drug-likeness (QED) is 0.764. The van der Waals surface area contributed by atoms with Crippen molar-refractivity contribution in [1.29, 1.82) is 0 Å². The molecule has 7 nitrogen and oxygen atoms in total. The number of aliphatic hydroxyl groups is 1. The van der Waals surface area contributed by atoms with Crippen LogP contribution in [0.3, 0.4) is 0 Å². The van der Waals surface area contributed by atoms with Gasteiger partial charge >= 0.3 is 0 Å². The van der Waals surface area contributed by atoms with Crippen molar-refractivity contribution in [3.63, 3.8) is 0 Å². The Morgan fingerprint density at radius 1 is 1.26 bits per heavy atom. The van der Waals surface area contributed by atoms with Crippen LogP contribution in [-0.2, 0) is 0 Å². The molecule has 1 aromatic carbocycles. The molecule has 0 amide bonds. The van der Waals surface area contributed by atoms with Crippen molar-refractivity contribution in [2.24, 2.45) is 0 Å². The van der Waals surface area contributed by atoms with Crippen molar-refractivity contribution < 1.29 is 9.84 Å². The highest BCUT2D eigenvalue weighted by atomic mass is 16.5. The molecule has 1 aliphatic heterocycles. The van der Waals surface area contributed by atoms with Crippen LogP contribution in [0.25, 0.3) is 22.4 Å². The second-order valence-corrected chi connectivity index (χ2v) is 5.59. The zero-order chi connectivity index (χ0) is 15.8. The smallest absolute Gasteiger partial charge is 0.228 e. The van der Waals surface area contributed by atoms with Crippen LogP contribution in [0.15, 0.2) is 30.6 Å². The summed E-state index contributed by atoms with van der Waals surface area (Å²) >= 11 is 0. The number of β-amino-alcohol motifs (C(OH)–C–C–N with tert-alkyl or cyclic N) is 1. The van der Waals surface area contributed by atoms with E-state index in [9.17, 15) is 5.11 Å². The fourth-order valence-electron chi connectivity index (χ4n) is 2.84. The van der Waals surface area contributed by atoms with Gasteiger partial charge in [0.25, 0.3) is 0 Å². The number of benzene rings is 1. The molecule has 3 heterocycles. The lowest BCUT2D eigenvalue weighted by Gasteiger charge is -2.16. The lowest BCUT2D eigenvalue weighted by atomic mass is 10.1. The maximum atomic E-state index is 9.75. The number of fused-ring (bicyclic) bond motifs is 1. The maximum Gasteiger partial charge on any atom is 0.228 e. The average Bonchev–Trinajstić information content (AvgIpc) is 3.22. The fraction of sp³-hybridized carbons (Fsp3) is 0.312. The number of anilines is 1. The molecule has 0 unspecified atom stereocenters. The molecule has 2 aromatic heterocycles. The minimum atomic E-state index is -0.321. The molecule has 23 heavy (non-hydrogen) atoms. The highest BCUT2D eigenvalue weighted by molar-refractivity contribution is 5.88. The van der Waals surface area contributed by atoms with E-state index in [-0.39, 0.29) is 6.10 Å². The van der Waals surface area contributed by atoms with Crippen molar-refractivity contribution >= 4 is 17.1 Å². The fourth-order valence-corrected chi connectivity index (χ4v) is 2.84. The van der Waals surface area contributed by atoms with Crippen LogP contribution in [0.5, 0.6) is 5.75 Å². The van der Waals surface area contributed by atoms with E-state index in [0.29, 0.717) is 18.1 Å². The number of ether oxygens (including phenoxy) is 1. The Labute approximate surface area is 133 Å². The van der Waals surface area contributed by atoms with Crippen LogP contribution < -0.4 is 9.64 Å². The minimum Gasteiger partial charge on any atom is -0.497 e. The molecule has 1 fully saturated rings. The third kappa shape index (κ3) is 2.49. The number of H-pyrrole nitrogens is 1.